The van der Waals surface area contributed by atoms with Crippen molar-refractivity contribution >= 4 is 22.8 Å². The minimum Gasteiger partial charge on any atom is -0.461 e. The summed E-state index contributed by atoms with van der Waals surface area (Å²) in [6.07, 6.45) is 4.49. The van der Waals surface area contributed by atoms with Gasteiger partial charge in [-0.2, -0.15) is 0 Å². The first kappa shape index (κ1) is 16.6. The summed E-state index contributed by atoms with van der Waals surface area (Å²) in [6.45, 7) is 3.91. The molecule has 1 fully saturated rings. The van der Waals surface area contributed by atoms with Crippen molar-refractivity contribution in [2.75, 3.05) is 19.7 Å². The van der Waals surface area contributed by atoms with Crippen molar-refractivity contribution in [3.63, 3.8) is 0 Å². The van der Waals surface area contributed by atoms with Gasteiger partial charge in [0, 0.05) is 24.0 Å². The van der Waals surface area contributed by atoms with Gasteiger partial charge in [0.1, 0.15) is 12.2 Å². The molecule has 0 N–H and O–H groups in total. The fraction of sp³-hybridized carbons (Fsp3) is 0.474. The summed E-state index contributed by atoms with van der Waals surface area (Å²) in [6, 6.07) is 9.55. The highest BCUT2D eigenvalue weighted by atomic mass is 16.5. The Kier molecular flexibility index (Phi) is 5.18. The zero-order valence-electron chi connectivity index (χ0n) is 14.2. The number of amides is 1. The lowest BCUT2D eigenvalue weighted by atomic mass is 10.2. The highest BCUT2D eigenvalue weighted by Gasteiger charge is 2.21. The minimum atomic E-state index is -0.377. The molecule has 2 heterocycles. The summed E-state index contributed by atoms with van der Waals surface area (Å²) >= 11 is 0. The quantitative estimate of drug-likeness (QED) is 0.810. The van der Waals surface area contributed by atoms with Gasteiger partial charge in [0.25, 0.3) is 0 Å². The molecule has 0 saturated carbocycles. The molecule has 0 unspecified atom stereocenters. The van der Waals surface area contributed by atoms with Gasteiger partial charge in [0.15, 0.2) is 0 Å². The van der Waals surface area contributed by atoms with E-state index >= 15 is 0 Å². The van der Waals surface area contributed by atoms with Crippen molar-refractivity contribution in [1.82, 2.24) is 9.47 Å². The van der Waals surface area contributed by atoms with Crippen LogP contribution in [0.1, 0.15) is 43.1 Å². The number of likely N-dealkylation sites (tertiary alicyclic amines) is 1. The molecule has 1 aliphatic heterocycles. The molecule has 5 heteroatoms. The average Bonchev–Trinajstić information content (AvgIpc) is 2.76. The number of aromatic nitrogens is 1. The Morgan fingerprint density at radius 2 is 1.79 bits per heavy atom. The molecule has 0 spiro atoms. The second kappa shape index (κ2) is 7.51. The number of esters is 1. The van der Waals surface area contributed by atoms with Gasteiger partial charge in [0.2, 0.25) is 5.91 Å². The first-order chi connectivity index (χ1) is 11.7. The molecule has 0 bridgehead atoms. The number of para-hydroxylation sites is 1. The summed E-state index contributed by atoms with van der Waals surface area (Å²) in [4.78, 5) is 27.0. The van der Waals surface area contributed by atoms with Gasteiger partial charge in [-0.1, -0.05) is 31.0 Å². The fourth-order valence-electron chi connectivity index (χ4n) is 3.31. The molecule has 1 aromatic heterocycles. The number of hydrogen-bond acceptors (Lipinski definition) is 3. The lowest BCUT2D eigenvalue weighted by molar-refractivity contribution is -0.131. The second-order valence-electron chi connectivity index (χ2n) is 6.19. The molecule has 3 rings (SSSR count). The molecule has 5 nitrogen and oxygen atoms in total. The summed E-state index contributed by atoms with van der Waals surface area (Å²) in [5.41, 5.74) is 1.34. The molecule has 1 aromatic carbocycles. The number of carbonyl (C=O) groups is 2. The Labute approximate surface area is 142 Å². The SMILES string of the molecule is CCOC(=O)c1cc2ccccc2n1CC(=O)N1CCCCCC1. The van der Waals surface area contributed by atoms with Gasteiger partial charge in [-0.05, 0) is 31.9 Å². The van der Waals surface area contributed by atoms with Gasteiger partial charge < -0.3 is 14.2 Å². The Balaban J connectivity index is 1.90. The van der Waals surface area contributed by atoms with Crippen molar-refractivity contribution < 1.29 is 14.3 Å². The molecule has 128 valence electrons. The van der Waals surface area contributed by atoms with E-state index < -0.39 is 0 Å². The molecular weight excluding hydrogens is 304 g/mol. The molecule has 0 atom stereocenters. The summed E-state index contributed by atoms with van der Waals surface area (Å²) < 4.78 is 6.95. The molecule has 1 aliphatic rings. The van der Waals surface area contributed by atoms with Crippen LogP contribution in [0.15, 0.2) is 30.3 Å². The van der Waals surface area contributed by atoms with Crippen molar-refractivity contribution in [1.29, 1.82) is 0 Å². The summed E-state index contributed by atoms with van der Waals surface area (Å²) in [5, 5.41) is 0.948. The monoisotopic (exact) mass is 328 g/mol. The van der Waals surface area contributed by atoms with E-state index in [9.17, 15) is 9.59 Å². The van der Waals surface area contributed by atoms with Crippen LogP contribution in [0.3, 0.4) is 0 Å². The van der Waals surface area contributed by atoms with Crippen LogP contribution in [0.4, 0.5) is 0 Å². The zero-order valence-corrected chi connectivity index (χ0v) is 14.2. The van der Waals surface area contributed by atoms with E-state index in [1.807, 2.05) is 35.2 Å². The molecule has 1 amide bonds. The number of fused-ring (bicyclic) bond motifs is 1. The minimum absolute atomic E-state index is 0.0730. The lowest BCUT2D eigenvalue weighted by Gasteiger charge is -2.21. The number of rotatable bonds is 4. The predicted molar refractivity (Wildman–Crippen MR) is 92.9 cm³/mol. The number of carbonyl (C=O) groups excluding carboxylic acids is 2. The van der Waals surface area contributed by atoms with Crippen LogP contribution in [0.5, 0.6) is 0 Å². The first-order valence-electron chi connectivity index (χ1n) is 8.74. The van der Waals surface area contributed by atoms with Crippen LogP contribution in [0, 0.1) is 0 Å². The summed E-state index contributed by atoms with van der Waals surface area (Å²) in [7, 11) is 0. The van der Waals surface area contributed by atoms with Crippen LogP contribution in [-0.2, 0) is 16.1 Å². The van der Waals surface area contributed by atoms with Gasteiger partial charge in [-0.3, -0.25) is 4.79 Å². The predicted octanol–water partition coefficient (Wildman–Crippen LogP) is 3.22. The van der Waals surface area contributed by atoms with E-state index in [-0.39, 0.29) is 18.4 Å². The van der Waals surface area contributed by atoms with Gasteiger partial charge in [-0.15, -0.1) is 0 Å². The van der Waals surface area contributed by atoms with Crippen LogP contribution in [-0.4, -0.2) is 41.0 Å². The Morgan fingerprint density at radius 1 is 1.08 bits per heavy atom. The first-order valence-corrected chi connectivity index (χ1v) is 8.74. The van der Waals surface area contributed by atoms with E-state index in [1.54, 1.807) is 11.5 Å². The molecule has 1 saturated heterocycles. The lowest BCUT2D eigenvalue weighted by Crippen LogP contribution is -2.35. The standard InChI is InChI=1S/C19H24N2O3/c1-2-24-19(23)17-13-15-9-5-6-10-16(15)21(17)14-18(22)20-11-7-3-4-8-12-20/h5-6,9-10,13H,2-4,7-8,11-12,14H2,1H3. The van der Waals surface area contributed by atoms with Crippen molar-refractivity contribution in [3.05, 3.63) is 36.0 Å². The number of nitrogens with zero attached hydrogens (tertiary/aromatic N) is 2. The van der Waals surface area contributed by atoms with E-state index in [0.717, 1.165) is 36.8 Å². The van der Waals surface area contributed by atoms with E-state index in [4.69, 9.17) is 4.74 Å². The van der Waals surface area contributed by atoms with E-state index in [0.29, 0.717) is 12.3 Å². The van der Waals surface area contributed by atoms with Crippen molar-refractivity contribution in [2.24, 2.45) is 0 Å². The Bertz CT molecular complexity index is 727. The maximum absolute atomic E-state index is 12.7. The normalized spacial score (nSPS) is 15.3. The zero-order chi connectivity index (χ0) is 16.9. The van der Waals surface area contributed by atoms with Gasteiger partial charge in [0.05, 0.1) is 6.61 Å². The Hall–Kier alpha value is -2.30. The fourth-order valence-corrected chi connectivity index (χ4v) is 3.31. The van der Waals surface area contributed by atoms with Crippen molar-refractivity contribution in [3.8, 4) is 0 Å². The number of hydrogen-bond donors (Lipinski definition) is 0. The van der Waals surface area contributed by atoms with Crippen LogP contribution < -0.4 is 0 Å². The van der Waals surface area contributed by atoms with E-state index in [1.165, 1.54) is 12.8 Å². The summed E-state index contributed by atoms with van der Waals surface area (Å²) in [5.74, 6) is -0.304. The highest BCUT2D eigenvalue weighted by Crippen LogP contribution is 2.21. The number of ether oxygens (including phenoxy) is 1. The van der Waals surface area contributed by atoms with Crippen LogP contribution in [0.25, 0.3) is 10.9 Å². The maximum atomic E-state index is 12.7. The molecule has 0 radical (unpaired) electrons. The van der Waals surface area contributed by atoms with Gasteiger partial charge in [-0.25, -0.2) is 4.79 Å². The molecular formula is C19H24N2O3. The van der Waals surface area contributed by atoms with Crippen LogP contribution in [0.2, 0.25) is 0 Å². The largest absolute Gasteiger partial charge is 0.461 e. The third-order valence-corrected chi connectivity index (χ3v) is 4.55. The van der Waals surface area contributed by atoms with Gasteiger partial charge >= 0.3 is 5.97 Å². The average molecular weight is 328 g/mol. The smallest absolute Gasteiger partial charge is 0.354 e. The third-order valence-electron chi connectivity index (χ3n) is 4.55. The highest BCUT2D eigenvalue weighted by molar-refractivity contribution is 5.96. The Morgan fingerprint density at radius 3 is 2.50 bits per heavy atom. The van der Waals surface area contributed by atoms with E-state index in [2.05, 4.69) is 0 Å². The topological polar surface area (TPSA) is 51.5 Å². The third kappa shape index (κ3) is 3.45. The van der Waals surface area contributed by atoms with Crippen LogP contribution >= 0.6 is 0 Å². The molecule has 24 heavy (non-hydrogen) atoms. The molecule has 0 aliphatic carbocycles. The second-order valence-corrected chi connectivity index (χ2v) is 6.19. The maximum Gasteiger partial charge on any atom is 0.354 e. The molecule has 2 aromatic rings. The number of benzene rings is 1. The van der Waals surface area contributed by atoms with Crippen molar-refractivity contribution in [2.45, 2.75) is 39.2 Å².